The van der Waals surface area contributed by atoms with Gasteiger partial charge in [0.05, 0.1) is 5.56 Å². The van der Waals surface area contributed by atoms with Crippen LogP contribution in [0.15, 0.2) is 22.9 Å². The van der Waals surface area contributed by atoms with Gasteiger partial charge >= 0.3 is 0 Å². The van der Waals surface area contributed by atoms with Crippen molar-refractivity contribution in [2.45, 2.75) is 6.92 Å². The number of rotatable bonds is 3. The standard InChI is InChI=1S/C12H10BrClN2O2/c1-6-2-3-7-9(16-6)12(18)8(14)10(11(7)17)15-5-4-13/h2-3,15H,4-5H2,1H3. The lowest BCUT2D eigenvalue weighted by Gasteiger charge is -2.18. The van der Waals surface area contributed by atoms with Gasteiger partial charge in [-0.1, -0.05) is 27.5 Å². The number of hydrogen-bond acceptors (Lipinski definition) is 4. The molecule has 0 saturated heterocycles. The van der Waals surface area contributed by atoms with Crippen molar-refractivity contribution >= 4 is 39.1 Å². The molecule has 0 amide bonds. The zero-order chi connectivity index (χ0) is 13.3. The Kier molecular flexibility index (Phi) is 3.82. The van der Waals surface area contributed by atoms with Gasteiger partial charge in [-0.15, -0.1) is 0 Å². The molecule has 6 heteroatoms. The van der Waals surface area contributed by atoms with Crippen LogP contribution in [0.1, 0.15) is 26.5 Å². The summed E-state index contributed by atoms with van der Waals surface area (Å²) in [6.07, 6.45) is 0. The molecule has 4 nitrogen and oxygen atoms in total. The van der Waals surface area contributed by atoms with Crippen molar-refractivity contribution in [3.63, 3.8) is 0 Å². The summed E-state index contributed by atoms with van der Waals surface area (Å²) in [5.41, 5.74) is 1.26. The molecule has 2 rings (SSSR count). The maximum absolute atomic E-state index is 12.2. The summed E-state index contributed by atoms with van der Waals surface area (Å²) in [4.78, 5) is 28.3. The second-order valence-electron chi connectivity index (χ2n) is 3.81. The van der Waals surface area contributed by atoms with E-state index < -0.39 is 5.78 Å². The number of alkyl halides is 1. The van der Waals surface area contributed by atoms with Gasteiger partial charge in [-0.05, 0) is 19.1 Å². The van der Waals surface area contributed by atoms with Crippen LogP contribution in [0.4, 0.5) is 0 Å². The summed E-state index contributed by atoms with van der Waals surface area (Å²) in [7, 11) is 0. The van der Waals surface area contributed by atoms with Crippen LogP contribution in [-0.4, -0.2) is 28.4 Å². The van der Waals surface area contributed by atoms with Crippen molar-refractivity contribution in [2.75, 3.05) is 11.9 Å². The predicted molar refractivity (Wildman–Crippen MR) is 72.3 cm³/mol. The Hall–Kier alpha value is -1.20. The maximum atomic E-state index is 12.2. The molecule has 0 atom stereocenters. The van der Waals surface area contributed by atoms with E-state index in [0.29, 0.717) is 23.1 Å². The van der Waals surface area contributed by atoms with E-state index in [1.54, 1.807) is 19.1 Å². The topological polar surface area (TPSA) is 59.1 Å². The molecular formula is C12H10BrClN2O2. The van der Waals surface area contributed by atoms with Crippen LogP contribution in [-0.2, 0) is 0 Å². The van der Waals surface area contributed by atoms with Crippen molar-refractivity contribution in [1.29, 1.82) is 0 Å². The average molecular weight is 330 g/mol. The third kappa shape index (κ3) is 2.20. The molecule has 0 fully saturated rings. The maximum Gasteiger partial charge on any atom is 0.225 e. The first-order chi connectivity index (χ1) is 8.56. The highest BCUT2D eigenvalue weighted by Gasteiger charge is 2.32. The number of hydrogen-bond donors (Lipinski definition) is 1. The Morgan fingerprint density at radius 3 is 2.72 bits per heavy atom. The van der Waals surface area contributed by atoms with E-state index in [2.05, 4.69) is 26.2 Å². The minimum atomic E-state index is -0.410. The summed E-state index contributed by atoms with van der Waals surface area (Å²) in [5, 5.41) is 3.42. The molecule has 0 unspecified atom stereocenters. The highest BCUT2D eigenvalue weighted by Crippen LogP contribution is 2.26. The predicted octanol–water partition coefficient (Wildman–Crippen LogP) is 2.20. The number of nitrogens with zero attached hydrogens (tertiary/aromatic N) is 1. The van der Waals surface area contributed by atoms with Gasteiger partial charge in [0.15, 0.2) is 0 Å². The van der Waals surface area contributed by atoms with Crippen molar-refractivity contribution in [3.8, 4) is 0 Å². The fourth-order valence-electron chi connectivity index (χ4n) is 1.69. The van der Waals surface area contributed by atoms with Gasteiger partial charge in [-0.3, -0.25) is 9.59 Å². The Labute approximate surface area is 118 Å². The molecule has 1 heterocycles. The second-order valence-corrected chi connectivity index (χ2v) is 4.98. The van der Waals surface area contributed by atoms with Crippen LogP contribution >= 0.6 is 27.5 Å². The van der Waals surface area contributed by atoms with Crippen LogP contribution in [0.3, 0.4) is 0 Å². The molecule has 0 saturated carbocycles. The first-order valence-electron chi connectivity index (χ1n) is 5.33. The summed E-state index contributed by atoms with van der Waals surface area (Å²) < 4.78 is 0. The Morgan fingerprint density at radius 2 is 2.06 bits per heavy atom. The minimum absolute atomic E-state index is 0.0912. The van der Waals surface area contributed by atoms with Gasteiger partial charge in [-0.25, -0.2) is 4.98 Å². The lowest BCUT2D eigenvalue weighted by Crippen LogP contribution is -2.30. The van der Waals surface area contributed by atoms with Gasteiger partial charge in [0.25, 0.3) is 0 Å². The number of Topliss-reactive ketones (excluding diaryl/α,β-unsaturated/α-hetero) is 2. The highest BCUT2D eigenvalue weighted by atomic mass is 79.9. The fraction of sp³-hybridized carbons (Fsp3) is 0.250. The average Bonchev–Trinajstić information content (AvgIpc) is 2.36. The first kappa shape index (κ1) is 13.2. The van der Waals surface area contributed by atoms with E-state index in [-0.39, 0.29) is 22.2 Å². The minimum Gasteiger partial charge on any atom is -0.380 e. The number of pyridine rings is 1. The third-order valence-corrected chi connectivity index (χ3v) is 3.29. The fourth-order valence-corrected chi connectivity index (χ4v) is 2.14. The van der Waals surface area contributed by atoms with Gasteiger partial charge < -0.3 is 5.32 Å². The molecule has 0 radical (unpaired) electrons. The SMILES string of the molecule is Cc1ccc2c(n1)C(=O)C(Cl)=C(NCCBr)C2=O. The van der Waals surface area contributed by atoms with Gasteiger partial charge in [-0.2, -0.15) is 0 Å². The molecule has 1 aliphatic rings. The molecule has 1 aromatic heterocycles. The molecule has 1 aromatic rings. The van der Waals surface area contributed by atoms with E-state index >= 15 is 0 Å². The number of fused-ring (bicyclic) bond motifs is 1. The number of ketones is 2. The quantitative estimate of drug-likeness (QED) is 0.864. The summed E-state index contributed by atoms with van der Waals surface area (Å²) in [6, 6.07) is 3.31. The Morgan fingerprint density at radius 1 is 1.33 bits per heavy atom. The largest absolute Gasteiger partial charge is 0.380 e. The van der Waals surface area contributed by atoms with E-state index in [1.165, 1.54) is 0 Å². The van der Waals surface area contributed by atoms with Crippen LogP contribution in [0, 0.1) is 6.92 Å². The van der Waals surface area contributed by atoms with E-state index in [4.69, 9.17) is 11.6 Å². The molecule has 18 heavy (non-hydrogen) atoms. The smallest absolute Gasteiger partial charge is 0.225 e. The zero-order valence-corrected chi connectivity index (χ0v) is 11.9. The van der Waals surface area contributed by atoms with E-state index in [0.717, 1.165) is 0 Å². The lowest BCUT2D eigenvalue weighted by molar-refractivity contribution is 0.0971. The van der Waals surface area contributed by atoms with Crippen molar-refractivity contribution < 1.29 is 9.59 Å². The van der Waals surface area contributed by atoms with Crippen molar-refractivity contribution in [2.24, 2.45) is 0 Å². The number of carbonyl (C=O) groups is 2. The van der Waals surface area contributed by atoms with Gasteiger partial charge in [0.1, 0.15) is 16.4 Å². The molecule has 94 valence electrons. The van der Waals surface area contributed by atoms with Crippen LogP contribution in [0.25, 0.3) is 0 Å². The lowest BCUT2D eigenvalue weighted by atomic mass is 9.96. The summed E-state index contributed by atoms with van der Waals surface area (Å²) in [5.74, 6) is -0.699. The van der Waals surface area contributed by atoms with Gasteiger partial charge in [0.2, 0.25) is 11.6 Å². The highest BCUT2D eigenvalue weighted by molar-refractivity contribution is 9.09. The molecule has 0 aromatic carbocycles. The molecule has 0 aliphatic heterocycles. The summed E-state index contributed by atoms with van der Waals surface area (Å²) in [6.45, 7) is 2.27. The number of allylic oxidation sites excluding steroid dienone is 2. The third-order valence-electron chi connectivity index (χ3n) is 2.54. The second kappa shape index (κ2) is 5.20. The first-order valence-corrected chi connectivity index (χ1v) is 6.83. The normalized spacial score (nSPS) is 14.8. The van der Waals surface area contributed by atoms with Crippen LogP contribution in [0.5, 0.6) is 0 Å². The van der Waals surface area contributed by atoms with Crippen LogP contribution < -0.4 is 5.32 Å². The Balaban J connectivity index is 2.49. The zero-order valence-electron chi connectivity index (χ0n) is 9.59. The number of aromatic nitrogens is 1. The molecule has 0 spiro atoms. The van der Waals surface area contributed by atoms with E-state index in [9.17, 15) is 9.59 Å². The summed E-state index contributed by atoms with van der Waals surface area (Å²) >= 11 is 9.17. The molecule has 1 aliphatic carbocycles. The molecule has 1 N–H and O–H groups in total. The number of halogens is 2. The molecular weight excluding hydrogens is 320 g/mol. The number of aryl methyl sites for hydroxylation is 1. The van der Waals surface area contributed by atoms with Crippen molar-refractivity contribution in [1.82, 2.24) is 10.3 Å². The monoisotopic (exact) mass is 328 g/mol. The van der Waals surface area contributed by atoms with Crippen LogP contribution in [0.2, 0.25) is 0 Å². The van der Waals surface area contributed by atoms with Gasteiger partial charge in [0, 0.05) is 17.6 Å². The van der Waals surface area contributed by atoms with Crippen molar-refractivity contribution in [3.05, 3.63) is 39.8 Å². The Bertz CT molecular complexity index is 569. The molecule has 0 bridgehead atoms. The number of nitrogens with one attached hydrogen (secondary N) is 1. The van der Waals surface area contributed by atoms with E-state index in [1.807, 2.05) is 0 Å². The number of carbonyl (C=O) groups excluding carboxylic acids is 2.